The number of aliphatic hydroxyl groups excluding tert-OH is 1. The van der Waals surface area contributed by atoms with Gasteiger partial charge in [-0.05, 0) is 25.2 Å². The summed E-state index contributed by atoms with van der Waals surface area (Å²) in [6, 6.07) is -1.23. The minimum absolute atomic E-state index is 0.0209. The zero-order valence-electron chi connectivity index (χ0n) is 23.5. The summed E-state index contributed by atoms with van der Waals surface area (Å²) in [4.78, 5) is 48.2. The number of rotatable bonds is 15. The van der Waals surface area contributed by atoms with Crippen LogP contribution in [0.3, 0.4) is 0 Å². The molecule has 3 aliphatic heterocycles. The van der Waals surface area contributed by atoms with Crippen molar-refractivity contribution in [3.8, 4) is 0 Å². The minimum Gasteiger partial charge on any atom is -0.394 e. The molecule has 38 heavy (non-hydrogen) atoms. The molecule has 9 heteroatoms. The first-order chi connectivity index (χ1) is 18.1. The molecule has 0 aliphatic carbocycles. The van der Waals surface area contributed by atoms with Gasteiger partial charge in [0.25, 0.3) is 0 Å². The van der Waals surface area contributed by atoms with Crippen LogP contribution >= 0.6 is 27.7 Å². The van der Waals surface area contributed by atoms with Gasteiger partial charge >= 0.3 is 0 Å². The van der Waals surface area contributed by atoms with Crippen LogP contribution in [0.2, 0.25) is 0 Å². The Balaban J connectivity index is 2.11. The van der Waals surface area contributed by atoms with Crippen molar-refractivity contribution in [2.75, 3.05) is 32.8 Å². The highest BCUT2D eigenvalue weighted by Crippen LogP contribution is 2.68. The molecule has 0 aromatic rings. The summed E-state index contributed by atoms with van der Waals surface area (Å²) >= 11 is 5.51. The third-order valence-corrected chi connectivity index (χ3v) is 11.6. The van der Waals surface area contributed by atoms with E-state index in [4.69, 9.17) is 0 Å². The number of carbonyl (C=O) groups is 3. The van der Waals surface area contributed by atoms with Gasteiger partial charge in [-0.2, -0.15) is 0 Å². The number of carbonyl (C=O) groups excluding carboxylic acids is 3. The van der Waals surface area contributed by atoms with Crippen molar-refractivity contribution >= 4 is 45.4 Å². The van der Waals surface area contributed by atoms with Gasteiger partial charge in [0, 0.05) is 36.3 Å². The predicted octanol–water partition coefficient (Wildman–Crippen LogP) is 4.10. The topological polar surface area (TPSA) is 81.2 Å². The van der Waals surface area contributed by atoms with E-state index in [9.17, 15) is 19.5 Å². The van der Waals surface area contributed by atoms with E-state index in [1.165, 1.54) is 0 Å². The molecule has 3 aliphatic rings. The highest BCUT2D eigenvalue weighted by molar-refractivity contribution is 9.09. The fourth-order valence-electron chi connectivity index (χ4n) is 6.71. The van der Waals surface area contributed by atoms with Crippen LogP contribution in [0.1, 0.15) is 59.8 Å². The Bertz CT molecular complexity index is 901. The Morgan fingerprint density at radius 2 is 1.76 bits per heavy atom. The van der Waals surface area contributed by atoms with Gasteiger partial charge in [0.05, 0.1) is 29.2 Å². The summed E-state index contributed by atoms with van der Waals surface area (Å²) in [5.41, 5.74) is 0. The zero-order chi connectivity index (χ0) is 28.2. The van der Waals surface area contributed by atoms with E-state index in [-0.39, 0.29) is 40.3 Å². The standard InChI is InChI=1S/C29H46BrN3O4S/c1-7-11-12-16-32(15-10-4)28(37)25-29-17-20(30)24(38-29)22(26(35)31(13-8-2)14-9-3)23(29)27(36)33(25)21(18-34)19(5)6/h8,10,19-25,34H,2,4,7,9,11-18H2,1,3,5-6H3/t20?,21-,22+,23-,24+,25?,29?/m0/s1. The molecule has 3 fully saturated rings. The van der Waals surface area contributed by atoms with E-state index in [0.717, 1.165) is 25.7 Å². The third-order valence-electron chi connectivity index (χ3n) is 8.41. The number of nitrogens with zero attached hydrogens (tertiary/aromatic N) is 3. The fraction of sp³-hybridized carbons (Fsp3) is 0.759. The van der Waals surface area contributed by atoms with Crippen molar-refractivity contribution < 1.29 is 19.5 Å². The number of alkyl halides is 1. The second-order valence-electron chi connectivity index (χ2n) is 11.3. The molecule has 3 rings (SSSR count). The first-order valence-corrected chi connectivity index (χ1v) is 16.0. The average Bonchev–Trinajstić information content (AvgIpc) is 3.47. The number of unbranched alkanes of at least 4 members (excludes halogenated alkanes) is 2. The summed E-state index contributed by atoms with van der Waals surface area (Å²) in [6.07, 6.45) is 7.86. The lowest BCUT2D eigenvalue weighted by Gasteiger charge is -2.41. The van der Waals surface area contributed by atoms with E-state index in [2.05, 4.69) is 36.0 Å². The van der Waals surface area contributed by atoms with Crippen molar-refractivity contribution in [3.05, 3.63) is 25.3 Å². The first kappa shape index (κ1) is 31.2. The molecule has 7 nitrogen and oxygen atoms in total. The quantitative estimate of drug-likeness (QED) is 0.171. The maximum absolute atomic E-state index is 14.4. The molecule has 0 aromatic carbocycles. The Kier molecular flexibility index (Phi) is 11.0. The number of amides is 3. The highest BCUT2D eigenvalue weighted by atomic mass is 79.9. The molecule has 0 radical (unpaired) electrons. The van der Waals surface area contributed by atoms with Crippen LogP contribution < -0.4 is 0 Å². The summed E-state index contributed by atoms with van der Waals surface area (Å²) in [7, 11) is 0. The van der Waals surface area contributed by atoms with Gasteiger partial charge in [0.2, 0.25) is 17.7 Å². The van der Waals surface area contributed by atoms with Crippen LogP contribution in [0.5, 0.6) is 0 Å². The van der Waals surface area contributed by atoms with Crippen LogP contribution in [-0.4, -0.2) is 97.2 Å². The zero-order valence-corrected chi connectivity index (χ0v) is 25.9. The Hall–Kier alpha value is -1.32. The molecule has 1 spiro atoms. The number of hydrogen-bond acceptors (Lipinski definition) is 5. The fourth-order valence-corrected chi connectivity index (χ4v) is 10.3. The number of halogens is 1. The highest BCUT2D eigenvalue weighted by Gasteiger charge is 2.76. The van der Waals surface area contributed by atoms with Crippen LogP contribution in [0, 0.1) is 17.8 Å². The monoisotopic (exact) mass is 611 g/mol. The van der Waals surface area contributed by atoms with Crippen molar-refractivity contribution in [2.45, 2.75) is 86.7 Å². The van der Waals surface area contributed by atoms with E-state index >= 15 is 0 Å². The molecular formula is C29H46BrN3O4S. The Labute approximate surface area is 241 Å². The van der Waals surface area contributed by atoms with Crippen molar-refractivity contribution in [3.63, 3.8) is 0 Å². The molecular weight excluding hydrogens is 566 g/mol. The summed E-state index contributed by atoms with van der Waals surface area (Å²) in [5, 5.41) is 10.4. The lowest BCUT2D eigenvalue weighted by molar-refractivity contribution is -0.148. The molecule has 214 valence electrons. The Morgan fingerprint density at radius 1 is 1.13 bits per heavy atom. The van der Waals surface area contributed by atoms with Gasteiger partial charge < -0.3 is 19.8 Å². The molecule has 3 saturated heterocycles. The maximum atomic E-state index is 14.4. The lowest BCUT2D eigenvalue weighted by Crippen LogP contribution is -2.58. The van der Waals surface area contributed by atoms with Crippen LogP contribution in [0.25, 0.3) is 0 Å². The minimum atomic E-state index is -0.729. The predicted molar refractivity (Wildman–Crippen MR) is 158 cm³/mol. The van der Waals surface area contributed by atoms with Crippen molar-refractivity contribution in [2.24, 2.45) is 17.8 Å². The lowest BCUT2D eigenvalue weighted by atomic mass is 9.70. The molecule has 3 heterocycles. The van der Waals surface area contributed by atoms with E-state index < -0.39 is 28.7 Å². The molecule has 3 amide bonds. The molecule has 0 saturated carbocycles. The Morgan fingerprint density at radius 3 is 2.29 bits per heavy atom. The second-order valence-corrected chi connectivity index (χ2v) is 14.0. The van der Waals surface area contributed by atoms with Crippen LogP contribution in [0.15, 0.2) is 25.3 Å². The number of likely N-dealkylation sites (tertiary alicyclic amines) is 1. The largest absolute Gasteiger partial charge is 0.394 e. The van der Waals surface area contributed by atoms with E-state index in [1.807, 2.05) is 25.7 Å². The average molecular weight is 613 g/mol. The van der Waals surface area contributed by atoms with Gasteiger partial charge in [-0.1, -0.05) is 68.6 Å². The normalized spacial score (nSPS) is 30.4. The van der Waals surface area contributed by atoms with E-state index in [1.54, 1.807) is 33.7 Å². The first-order valence-electron chi connectivity index (χ1n) is 14.2. The number of hydrogen-bond donors (Lipinski definition) is 1. The summed E-state index contributed by atoms with van der Waals surface area (Å²) < 4.78 is -0.716. The molecule has 1 N–H and O–H groups in total. The van der Waals surface area contributed by atoms with Crippen molar-refractivity contribution in [1.29, 1.82) is 0 Å². The van der Waals surface area contributed by atoms with Gasteiger partial charge in [-0.25, -0.2) is 0 Å². The number of aliphatic hydroxyl groups is 1. The van der Waals surface area contributed by atoms with Crippen LogP contribution in [-0.2, 0) is 14.4 Å². The van der Waals surface area contributed by atoms with Crippen molar-refractivity contribution in [1.82, 2.24) is 14.7 Å². The SMILES string of the molecule is C=CCN(CCCCC)C(=O)C1N([C@@H](CO)C(C)C)C(=O)[C@@H]2[C@@H](C(=O)N(CC=C)CCC)[C@@H]3SC12CC3Br. The van der Waals surface area contributed by atoms with Crippen LogP contribution in [0.4, 0.5) is 0 Å². The maximum Gasteiger partial charge on any atom is 0.247 e. The number of thioether (sulfide) groups is 1. The summed E-state index contributed by atoms with van der Waals surface area (Å²) in [6.45, 7) is 17.6. The van der Waals surface area contributed by atoms with Gasteiger partial charge in [0.15, 0.2) is 0 Å². The molecule has 2 bridgehead atoms. The van der Waals surface area contributed by atoms with Gasteiger partial charge in [0.1, 0.15) is 6.04 Å². The molecule has 7 atom stereocenters. The second kappa shape index (κ2) is 13.4. The van der Waals surface area contributed by atoms with Gasteiger partial charge in [-0.3, -0.25) is 14.4 Å². The summed E-state index contributed by atoms with van der Waals surface area (Å²) in [5.74, 6) is -1.43. The number of fused-ring (bicyclic) bond motifs is 1. The third kappa shape index (κ3) is 5.49. The molecule has 3 unspecified atom stereocenters. The smallest absolute Gasteiger partial charge is 0.247 e. The molecule has 0 aromatic heterocycles. The van der Waals surface area contributed by atoms with E-state index in [0.29, 0.717) is 32.6 Å². The van der Waals surface area contributed by atoms with Gasteiger partial charge in [-0.15, -0.1) is 24.9 Å².